The van der Waals surface area contributed by atoms with Crippen molar-refractivity contribution >= 4 is 0 Å². The van der Waals surface area contributed by atoms with Crippen molar-refractivity contribution in [3.63, 3.8) is 0 Å². The van der Waals surface area contributed by atoms with Gasteiger partial charge >= 0.3 is 0 Å². The Labute approximate surface area is 133 Å². The van der Waals surface area contributed by atoms with Crippen LogP contribution < -0.4 is 4.74 Å². The minimum absolute atomic E-state index is 0.687. The van der Waals surface area contributed by atoms with Gasteiger partial charge in [0.1, 0.15) is 12.4 Å². The molecule has 2 heteroatoms. The fraction of sp³-hybridized carbons (Fsp3) is 0.400. The second kappa shape index (κ2) is 6.53. The Morgan fingerprint density at radius 1 is 1.27 bits per heavy atom. The molecule has 2 nitrogen and oxygen atoms in total. The molecule has 0 unspecified atom stereocenters. The molecule has 0 N–H and O–H groups in total. The van der Waals surface area contributed by atoms with E-state index in [1.165, 1.54) is 27.8 Å². The number of nitrogens with zero attached hydrogens (tertiary/aromatic N) is 1. The second-order valence-electron chi connectivity index (χ2n) is 6.51. The predicted molar refractivity (Wildman–Crippen MR) is 92.4 cm³/mol. The van der Waals surface area contributed by atoms with Crippen LogP contribution in [0.25, 0.3) is 0 Å². The molecule has 116 valence electrons. The Hall–Kier alpha value is -1.80. The van der Waals surface area contributed by atoms with Crippen molar-refractivity contribution < 1.29 is 4.74 Å². The fourth-order valence-electron chi connectivity index (χ4n) is 3.16. The average molecular weight is 295 g/mol. The molecule has 1 aliphatic carbocycles. The minimum Gasteiger partial charge on any atom is -0.489 e. The van der Waals surface area contributed by atoms with E-state index in [0.29, 0.717) is 6.61 Å². The molecule has 1 aliphatic heterocycles. The number of rotatable bonds is 3. The molecule has 1 aromatic rings. The molecule has 0 bridgehead atoms. The van der Waals surface area contributed by atoms with Crippen LogP contribution in [-0.4, -0.2) is 32.1 Å². The summed E-state index contributed by atoms with van der Waals surface area (Å²) in [5.41, 5.74) is 6.92. The van der Waals surface area contributed by atoms with E-state index in [0.717, 1.165) is 31.6 Å². The van der Waals surface area contributed by atoms with Gasteiger partial charge in [-0.2, -0.15) is 0 Å². The Balaban J connectivity index is 1.88. The summed E-state index contributed by atoms with van der Waals surface area (Å²) in [5.74, 6) is 1.04. The molecule has 0 atom stereocenters. The second-order valence-corrected chi connectivity index (χ2v) is 6.51. The third-order valence-corrected chi connectivity index (χ3v) is 4.37. The largest absolute Gasteiger partial charge is 0.489 e. The first-order valence-corrected chi connectivity index (χ1v) is 8.08. The summed E-state index contributed by atoms with van der Waals surface area (Å²) in [7, 11) is 4.25. The number of hydrogen-bond acceptors (Lipinski definition) is 2. The van der Waals surface area contributed by atoms with E-state index in [4.69, 9.17) is 4.74 Å². The van der Waals surface area contributed by atoms with Crippen LogP contribution in [0.15, 0.2) is 53.1 Å². The standard InChI is InChI=1S/C20H25NO/c1-15-9-10-20-18(12-15)13-19-16(8-5-11-21(2)3)6-4-7-17(19)14-22-20/h4,7-10,12H,5-6,11,13-14H2,1-3H3/b16-8+. The molecule has 0 fully saturated rings. The van der Waals surface area contributed by atoms with Crippen molar-refractivity contribution in [1.29, 1.82) is 0 Å². The maximum atomic E-state index is 6.02. The number of hydrogen-bond donors (Lipinski definition) is 0. The third-order valence-electron chi connectivity index (χ3n) is 4.37. The lowest BCUT2D eigenvalue weighted by Crippen LogP contribution is -2.12. The lowest BCUT2D eigenvalue weighted by atomic mass is 9.87. The van der Waals surface area contributed by atoms with Crippen LogP contribution in [0, 0.1) is 6.92 Å². The molecule has 1 aromatic carbocycles. The molecule has 22 heavy (non-hydrogen) atoms. The normalized spacial score (nSPS) is 19.0. The van der Waals surface area contributed by atoms with Crippen LogP contribution in [0.2, 0.25) is 0 Å². The molecule has 0 amide bonds. The summed E-state index contributed by atoms with van der Waals surface area (Å²) in [4.78, 5) is 2.24. The molecule has 3 rings (SSSR count). The van der Waals surface area contributed by atoms with E-state index in [1.807, 2.05) is 0 Å². The Kier molecular flexibility index (Phi) is 4.49. The van der Waals surface area contributed by atoms with Gasteiger partial charge in [-0.25, -0.2) is 0 Å². The van der Waals surface area contributed by atoms with Gasteiger partial charge in [0, 0.05) is 13.0 Å². The summed E-state index contributed by atoms with van der Waals surface area (Å²) >= 11 is 0. The molecule has 0 spiro atoms. The molecule has 1 heterocycles. The van der Waals surface area contributed by atoms with Gasteiger partial charge in [0.15, 0.2) is 0 Å². The highest BCUT2D eigenvalue weighted by molar-refractivity contribution is 5.52. The lowest BCUT2D eigenvalue weighted by molar-refractivity contribution is 0.355. The monoisotopic (exact) mass is 295 g/mol. The van der Waals surface area contributed by atoms with Crippen LogP contribution in [0.1, 0.15) is 24.0 Å². The average Bonchev–Trinajstić information content (AvgIpc) is 2.66. The van der Waals surface area contributed by atoms with Crippen molar-refractivity contribution in [2.45, 2.75) is 26.2 Å². The Morgan fingerprint density at radius 3 is 2.95 bits per heavy atom. The van der Waals surface area contributed by atoms with Gasteiger partial charge in [-0.1, -0.05) is 35.9 Å². The summed E-state index contributed by atoms with van der Waals surface area (Å²) < 4.78 is 6.02. The lowest BCUT2D eigenvalue weighted by Gasteiger charge is -2.17. The first-order chi connectivity index (χ1) is 10.6. The van der Waals surface area contributed by atoms with Crippen molar-refractivity contribution in [3.8, 4) is 5.75 Å². The Bertz CT molecular complexity index is 650. The van der Waals surface area contributed by atoms with Crippen molar-refractivity contribution in [2.75, 3.05) is 27.2 Å². The van der Waals surface area contributed by atoms with E-state index in [-0.39, 0.29) is 0 Å². The highest BCUT2D eigenvalue weighted by Gasteiger charge is 2.20. The maximum absolute atomic E-state index is 6.02. The number of benzene rings is 1. The highest BCUT2D eigenvalue weighted by Crippen LogP contribution is 2.34. The zero-order valence-electron chi connectivity index (χ0n) is 13.9. The number of fused-ring (bicyclic) bond motifs is 1. The molecule has 0 aromatic heterocycles. The van der Waals surface area contributed by atoms with Crippen molar-refractivity contribution in [1.82, 2.24) is 4.90 Å². The number of aryl methyl sites for hydroxylation is 1. The fourth-order valence-corrected chi connectivity index (χ4v) is 3.16. The number of ether oxygens (including phenoxy) is 1. The molecule has 2 aliphatic rings. The first-order valence-electron chi connectivity index (χ1n) is 8.08. The summed E-state index contributed by atoms with van der Waals surface area (Å²) in [6, 6.07) is 6.51. The van der Waals surface area contributed by atoms with Crippen LogP contribution in [0.4, 0.5) is 0 Å². The Morgan fingerprint density at radius 2 is 2.14 bits per heavy atom. The van der Waals surface area contributed by atoms with Crippen LogP contribution in [0.5, 0.6) is 5.75 Å². The zero-order chi connectivity index (χ0) is 15.5. The highest BCUT2D eigenvalue weighted by atomic mass is 16.5. The van der Waals surface area contributed by atoms with E-state index in [1.54, 1.807) is 0 Å². The summed E-state index contributed by atoms with van der Waals surface area (Å²) in [6.07, 6.45) is 10.1. The van der Waals surface area contributed by atoms with E-state index >= 15 is 0 Å². The van der Waals surface area contributed by atoms with Gasteiger partial charge in [-0.3, -0.25) is 0 Å². The molecule has 0 saturated heterocycles. The van der Waals surface area contributed by atoms with Gasteiger partial charge in [-0.05, 0) is 62.2 Å². The first kappa shape index (κ1) is 15.1. The number of allylic oxidation sites excluding steroid dienone is 3. The van der Waals surface area contributed by atoms with Crippen molar-refractivity contribution in [2.24, 2.45) is 0 Å². The van der Waals surface area contributed by atoms with Crippen LogP contribution in [0.3, 0.4) is 0 Å². The van der Waals surface area contributed by atoms with Gasteiger partial charge in [0.25, 0.3) is 0 Å². The SMILES string of the molecule is Cc1ccc2c(c1)CC1=C(C=CC/C1=C\CCN(C)C)CO2. The van der Waals surface area contributed by atoms with E-state index in [9.17, 15) is 0 Å². The van der Waals surface area contributed by atoms with Gasteiger partial charge in [0.2, 0.25) is 0 Å². The van der Waals surface area contributed by atoms with Gasteiger partial charge < -0.3 is 9.64 Å². The maximum Gasteiger partial charge on any atom is 0.123 e. The van der Waals surface area contributed by atoms with Gasteiger partial charge in [-0.15, -0.1) is 0 Å². The summed E-state index contributed by atoms with van der Waals surface area (Å²) in [6.45, 7) is 3.93. The van der Waals surface area contributed by atoms with Gasteiger partial charge in [0.05, 0.1) is 0 Å². The summed E-state index contributed by atoms with van der Waals surface area (Å²) in [5, 5.41) is 0. The van der Waals surface area contributed by atoms with Crippen molar-refractivity contribution in [3.05, 3.63) is 64.3 Å². The van der Waals surface area contributed by atoms with E-state index in [2.05, 4.69) is 62.3 Å². The smallest absolute Gasteiger partial charge is 0.123 e. The van der Waals surface area contributed by atoms with E-state index < -0.39 is 0 Å². The minimum atomic E-state index is 0.687. The molecular formula is C20H25NO. The molecule has 0 saturated carbocycles. The predicted octanol–water partition coefficient (Wildman–Crippen LogP) is 4.06. The topological polar surface area (TPSA) is 12.5 Å². The zero-order valence-corrected chi connectivity index (χ0v) is 13.9. The quantitative estimate of drug-likeness (QED) is 0.833. The van der Waals surface area contributed by atoms with Crippen LogP contribution >= 0.6 is 0 Å². The molecule has 0 radical (unpaired) electrons. The third kappa shape index (κ3) is 3.33. The molecular weight excluding hydrogens is 270 g/mol. The van der Waals surface area contributed by atoms with Crippen LogP contribution in [-0.2, 0) is 6.42 Å².